The van der Waals surface area contributed by atoms with Crippen LogP contribution >= 0.6 is 22.7 Å². The SMILES string of the molecule is [Be+2].[O-]c1ccc(-c2ccc(F)cc2)cc1-c1[nH+]c2ccccc2s1.[O-]c1ccc(-c2ccc(F)cc2)cc1-c1[nH+]c2ccccc2s1. The molecule has 0 spiro atoms. The van der Waals surface area contributed by atoms with Crippen molar-refractivity contribution in [2.45, 2.75) is 0 Å². The summed E-state index contributed by atoms with van der Waals surface area (Å²) in [7, 11) is 0. The van der Waals surface area contributed by atoms with Crippen molar-refractivity contribution in [2.75, 3.05) is 0 Å². The van der Waals surface area contributed by atoms with Gasteiger partial charge in [-0.2, -0.15) is 9.97 Å². The van der Waals surface area contributed by atoms with Crippen molar-refractivity contribution in [3.8, 4) is 54.9 Å². The van der Waals surface area contributed by atoms with E-state index in [1.807, 2.05) is 60.7 Å². The number of hydrogen-bond donors (Lipinski definition) is 0. The maximum Gasteiger partial charge on any atom is 2.00 e. The second-order valence-corrected chi connectivity index (χ2v) is 12.6. The fourth-order valence-electron chi connectivity index (χ4n) is 5.14. The standard InChI is InChI=1S/2C19H12FNOS.Be/c2*20-14-8-5-12(6-9-14)13-7-10-17(22)15(11-13)19-21-16-3-1-2-4-18(16)23-19;/h2*1-11,22H;/q;;+2. The van der Waals surface area contributed by atoms with Crippen LogP contribution in [-0.4, -0.2) is 10.1 Å². The summed E-state index contributed by atoms with van der Waals surface area (Å²) >= 11 is 3.11. The molecule has 0 fully saturated rings. The molecule has 0 aliphatic carbocycles. The third kappa shape index (κ3) is 6.81. The molecular weight excluding hydrogens is 628 g/mol. The first-order valence-electron chi connectivity index (χ1n) is 14.4. The molecule has 2 N–H and O–H groups in total. The molecule has 0 saturated heterocycles. The van der Waals surface area contributed by atoms with Gasteiger partial charge in [0.25, 0.3) is 10.0 Å². The van der Waals surface area contributed by atoms with Gasteiger partial charge >= 0.3 is 10.1 Å². The number of aromatic nitrogens is 2. The molecule has 0 radical (unpaired) electrons. The van der Waals surface area contributed by atoms with Gasteiger partial charge in [-0.05, 0) is 70.8 Å². The van der Waals surface area contributed by atoms with Gasteiger partial charge in [0.1, 0.15) is 21.0 Å². The number of H-pyrrole nitrogens is 2. The van der Waals surface area contributed by atoms with Gasteiger partial charge in [-0.25, -0.2) is 8.78 Å². The number of thiazole rings is 2. The molecule has 2 heterocycles. The molecule has 0 aliphatic heterocycles. The van der Waals surface area contributed by atoms with Crippen molar-refractivity contribution < 1.29 is 29.0 Å². The van der Waals surface area contributed by atoms with Crippen LogP contribution in [0.2, 0.25) is 0 Å². The van der Waals surface area contributed by atoms with Crippen LogP contribution in [0.3, 0.4) is 0 Å². The zero-order chi connectivity index (χ0) is 31.6. The number of para-hydroxylation sites is 2. The van der Waals surface area contributed by atoms with Gasteiger partial charge in [-0.15, -0.1) is 0 Å². The molecule has 0 aliphatic rings. The number of fused-ring (bicyclic) bond motifs is 2. The molecule has 47 heavy (non-hydrogen) atoms. The van der Waals surface area contributed by atoms with Crippen LogP contribution in [0.5, 0.6) is 11.5 Å². The fourth-order valence-corrected chi connectivity index (χ4v) is 7.19. The number of benzene rings is 6. The molecular formula is C38H24BeF2N2O2S2+2. The first-order chi connectivity index (χ1) is 22.4. The molecule has 8 aromatic rings. The van der Waals surface area contributed by atoms with Gasteiger partial charge in [0.15, 0.2) is 0 Å². The summed E-state index contributed by atoms with van der Waals surface area (Å²) in [6, 6.07) is 38.8. The number of aromatic amines is 2. The molecule has 0 bridgehead atoms. The summed E-state index contributed by atoms with van der Waals surface area (Å²) in [5.74, 6) is -0.600. The van der Waals surface area contributed by atoms with E-state index in [4.69, 9.17) is 0 Å². The molecule has 9 heteroatoms. The summed E-state index contributed by atoms with van der Waals surface area (Å²) in [6.07, 6.45) is 0. The van der Waals surface area contributed by atoms with E-state index in [9.17, 15) is 19.0 Å². The van der Waals surface area contributed by atoms with Crippen LogP contribution in [0.15, 0.2) is 133 Å². The molecule has 8 rings (SSSR count). The Labute approximate surface area is 281 Å². The Morgan fingerprint density at radius 1 is 0.447 bits per heavy atom. The quantitative estimate of drug-likeness (QED) is 0.180. The largest absolute Gasteiger partial charge is 2.00 e. The van der Waals surface area contributed by atoms with Gasteiger partial charge in [-0.3, -0.25) is 0 Å². The molecule has 0 atom stereocenters. The first-order valence-corrected chi connectivity index (χ1v) is 16.0. The van der Waals surface area contributed by atoms with E-state index >= 15 is 0 Å². The molecule has 0 saturated carbocycles. The number of nitrogens with one attached hydrogen (secondary N) is 2. The van der Waals surface area contributed by atoms with Crippen molar-refractivity contribution in [1.82, 2.24) is 0 Å². The number of halogens is 2. The van der Waals surface area contributed by atoms with Gasteiger partial charge in [-0.1, -0.05) is 107 Å². The third-order valence-corrected chi connectivity index (χ3v) is 9.70. The van der Waals surface area contributed by atoms with E-state index in [2.05, 4.69) is 9.97 Å². The first kappa shape index (κ1) is 31.7. The second kappa shape index (κ2) is 13.6. The van der Waals surface area contributed by atoms with Crippen LogP contribution in [-0.2, 0) is 0 Å². The smallest absolute Gasteiger partial charge is 0.872 e. The molecule has 0 amide bonds. The second-order valence-electron chi connectivity index (χ2n) is 10.5. The predicted octanol–water partition coefficient (Wildman–Crippen LogP) is 8.14. The normalized spacial score (nSPS) is 10.8. The molecule has 2 aromatic heterocycles. The van der Waals surface area contributed by atoms with E-state index in [1.165, 1.54) is 24.3 Å². The Balaban J connectivity index is 0.000000161. The van der Waals surface area contributed by atoms with Crippen molar-refractivity contribution in [2.24, 2.45) is 0 Å². The van der Waals surface area contributed by atoms with Crippen LogP contribution < -0.4 is 20.2 Å². The van der Waals surface area contributed by atoms with Gasteiger partial charge in [0, 0.05) is 12.1 Å². The van der Waals surface area contributed by atoms with Crippen molar-refractivity contribution in [3.05, 3.63) is 145 Å². The average molecular weight is 652 g/mol. The van der Waals surface area contributed by atoms with E-state index in [-0.39, 0.29) is 33.3 Å². The van der Waals surface area contributed by atoms with E-state index < -0.39 is 0 Å². The maximum atomic E-state index is 13.1. The molecule has 0 unspecified atom stereocenters. The molecule has 4 nitrogen and oxygen atoms in total. The topological polar surface area (TPSA) is 74.4 Å². The maximum absolute atomic E-state index is 13.1. The van der Waals surface area contributed by atoms with Crippen LogP contribution in [0.1, 0.15) is 0 Å². The minimum absolute atomic E-state index is 0. The monoisotopic (exact) mass is 651 g/mol. The van der Waals surface area contributed by atoms with Crippen molar-refractivity contribution in [3.63, 3.8) is 0 Å². The minimum Gasteiger partial charge on any atom is -0.872 e. The Kier molecular flexibility index (Phi) is 9.18. The third-order valence-electron chi connectivity index (χ3n) is 7.50. The van der Waals surface area contributed by atoms with Gasteiger partial charge in [0.05, 0.1) is 11.1 Å². The summed E-state index contributed by atoms with van der Waals surface area (Å²) in [6.45, 7) is 0. The van der Waals surface area contributed by atoms with Gasteiger partial charge < -0.3 is 10.2 Å². The molecule has 6 aromatic carbocycles. The molecule has 224 valence electrons. The van der Waals surface area contributed by atoms with E-state index in [0.717, 1.165) is 52.7 Å². The Morgan fingerprint density at radius 2 is 0.809 bits per heavy atom. The van der Waals surface area contributed by atoms with Crippen LogP contribution in [0, 0.1) is 11.6 Å². The van der Waals surface area contributed by atoms with Crippen molar-refractivity contribution in [1.29, 1.82) is 0 Å². The van der Waals surface area contributed by atoms with Gasteiger partial charge in [0.2, 0.25) is 11.0 Å². The fraction of sp³-hybridized carbons (Fsp3) is 0. The Bertz CT molecular complexity index is 2090. The van der Waals surface area contributed by atoms with Crippen LogP contribution in [0.4, 0.5) is 8.78 Å². The Hall–Kier alpha value is -5.27. The predicted molar refractivity (Wildman–Crippen MR) is 183 cm³/mol. The summed E-state index contributed by atoms with van der Waals surface area (Å²) in [5, 5.41) is 26.2. The number of hydrogen-bond acceptors (Lipinski definition) is 4. The summed E-state index contributed by atoms with van der Waals surface area (Å²) in [4.78, 5) is 6.60. The summed E-state index contributed by atoms with van der Waals surface area (Å²) in [5.41, 5.74) is 6.85. The van der Waals surface area contributed by atoms with Crippen LogP contribution in [0.25, 0.3) is 63.8 Å². The van der Waals surface area contributed by atoms with E-state index in [1.54, 1.807) is 71.2 Å². The number of rotatable bonds is 4. The van der Waals surface area contributed by atoms with Crippen molar-refractivity contribution >= 4 is 53.2 Å². The Morgan fingerprint density at radius 3 is 1.19 bits per heavy atom. The zero-order valence-corrected chi connectivity index (χ0v) is 26.4. The minimum atomic E-state index is -0.271. The summed E-state index contributed by atoms with van der Waals surface area (Å²) < 4.78 is 28.4. The zero-order valence-electron chi connectivity index (χ0n) is 24.8. The average Bonchev–Trinajstić information content (AvgIpc) is 3.71. The van der Waals surface area contributed by atoms with E-state index in [0.29, 0.717) is 11.1 Å².